The first-order valence-electron chi connectivity index (χ1n) is 4.37. The van der Waals surface area contributed by atoms with Gasteiger partial charge in [0.05, 0.1) is 0 Å². The molecule has 1 atom stereocenters. The average Bonchev–Trinajstić information content (AvgIpc) is 1.91. The van der Waals surface area contributed by atoms with Gasteiger partial charge in [0, 0.05) is 21.7 Å². The molecule has 0 spiro atoms. The van der Waals surface area contributed by atoms with Gasteiger partial charge in [0.25, 0.3) is 0 Å². The molecular weight excluding hydrogens is 172 g/mol. The Hall–Kier alpha value is -0.0900. The Morgan fingerprint density at radius 3 is 2.42 bits per heavy atom. The van der Waals surface area contributed by atoms with Crippen LogP contribution in [0.5, 0.6) is 0 Å². The molecule has 4 heteroatoms. The number of nitrogens with one attached hydrogen (secondary N) is 1. The van der Waals surface area contributed by atoms with Gasteiger partial charge in [-0.1, -0.05) is 0 Å². The van der Waals surface area contributed by atoms with Gasteiger partial charge in [-0.25, -0.2) is 0 Å². The minimum absolute atomic E-state index is 0.524. The molecule has 72 valence electrons. The van der Waals surface area contributed by atoms with Gasteiger partial charge in [-0.3, -0.25) is 8.99 Å². The van der Waals surface area contributed by atoms with Gasteiger partial charge >= 0.3 is 0 Å². The summed E-state index contributed by atoms with van der Waals surface area (Å²) in [4.78, 5) is 2.29. The summed E-state index contributed by atoms with van der Waals surface area (Å²) in [5.74, 6) is 1.12. The molecule has 0 aromatic carbocycles. The first-order valence-corrected chi connectivity index (χ1v) is 6.51. The summed E-state index contributed by atoms with van der Waals surface area (Å²) in [6.45, 7) is 2.19. The molecule has 0 aliphatic carbocycles. The van der Waals surface area contributed by atoms with Crippen LogP contribution in [0, 0.1) is 10.7 Å². The lowest BCUT2D eigenvalue weighted by Crippen LogP contribution is -2.32. The first-order chi connectivity index (χ1) is 5.47. The summed E-state index contributed by atoms with van der Waals surface area (Å²) >= 11 is 0. The van der Waals surface area contributed by atoms with Gasteiger partial charge in [0.1, 0.15) is 0 Å². The maximum absolute atomic E-state index is 11.2. The van der Waals surface area contributed by atoms with Gasteiger partial charge in [0.15, 0.2) is 0 Å². The highest BCUT2D eigenvalue weighted by molar-refractivity contribution is 7.91. The van der Waals surface area contributed by atoms with Gasteiger partial charge in [-0.15, -0.1) is 0 Å². The molecule has 1 fully saturated rings. The zero-order valence-electron chi connectivity index (χ0n) is 7.88. The Balaban J connectivity index is 2.36. The minimum Gasteiger partial charge on any atom is -0.306 e. The molecule has 3 nitrogen and oxygen atoms in total. The fourth-order valence-corrected chi connectivity index (χ4v) is 2.91. The van der Waals surface area contributed by atoms with Crippen molar-refractivity contribution in [1.82, 2.24) is 4.90 Å². The number of hydrogen-bond donors (Lipinski definition) is 1. The number of nitrogens with zero attached hydrogens (tertiary/aromatic N) is 1. The fraction of sp³-hybridized carbons (Fsp3) is 1.00. The van der Waals surface area contributed by atoms with Crippen LogP contribution in [-0.2, 0) is 9.73 Å². The molecule has 0 aromatic rings. The third kappa shape index (κ3) is 3.54. The number of rotatable bonds is 2. The van der Waals surface area contributed by atoms with Crippen molar-refractivity contribution in [3.63, 3.8) is 0 Å². The molecule has 0 saturated carbocycles. The molecule has 0 radical (unpaired) electrons. The van der Waals surface area contributed by atoms with E-state index >= 15 is 0 Å². The molecule has 0 amide bonds. The van der Waals surface area contributed by atoms with Crippen molar-refractivity contribution < 1.29 is 4.21 Å². The summed E-state index contributed by atoms with van der Waals surface area (Å²) in [7, 11) is -0.148. The van der Waals surface area contributed by atoms with Crippen molar-refractivity contribution in [1.29, 1.82) is 4.78 Å². The summed E-state index contributed by atoms with van der Waals surface area (Å²) in [6, 6.07) is 0. The Morgan fingerprint density at radius 1 is 1.50 bits per heavy atom. The Morgan fingerprint density at radius 2 is 2.00 bits per heavy atom. The highest BCUT2D eigenvalue weighted by Crippen LogP contribution is 2.17. The highest BCUT2D eigenvalue weighted by Gasteiger charge is 2.18. The van der Waals surface area contributed by atoms with Gasteiger partial charge < -0.3 is 4.90 Å². The molecule has 1 heterocycles. The van der Waals surface area contributed by atoms with E-state index in [1.807, 2.05) is 0 Å². The van der Waals surface area contributed by atoms with E-state index in [0.29, 0.717) is 11.7 Å². The lowest BCUT2D eigenvalue weighted by atomic mass is 10.00. The monoisotopic (exact) mass is 190 g/mol. The molecule has 0 bridgehead atoms. The Kier molecular flexibility index (Phi) is 3.12. The summed E-state index contributed by atoms with van der Waals surface area (Å²) in [6.07, 6.45) is 3.77. The van der Waals surface area contributed by atoms with E-state index in [2.05, 4.69) is 11.9 Å². The summed E-state index contributed by atoms with van der Waals surface area (Å²) in [5.41, 5.74) is 0. The van der Waals surface area contributed by atoms with E-state index in [0.717, 1.165) is 25.9 Å². The molecule has 1 rings (SSSR count). The fourth-order valence-electron chi connectivity index (χ4n) is 1.68. The summed E-state index contributed by atoms with van der Waals surface area (Å²) < 4.78 is 18.5. The quantitative estimate of drug-likeness (QED) is 0.706. The zero-order valence-corrected chi connectivity index (χ0v) is 8.69. The number of hydrogen-bond acceptors (Lipinski definition) is 3. The SMILES string of the molecule is CN1CCC(CS(C)(=N)=O)CC1. The average molecular weight is 190 g/mol. The van der Waals surface area contributed by atoms with E-state index < -0.39 is 9.73 Å². The van der Waals surface area contributed by atoms with Crippen molar-refractivity contribution in [3.8, 4) is 0 Å². The normalized spacial score (nSPS) is 26.8. The van der Waals surface area contributed by atoms with Crippen LogP contribution in [-0.4, -0.2) is 41.3 Å². The van der Waals surface area contributed by atoms with Crippen LogP contribution in [0.25, 0.3) is 0 Å². The van der Waals surface area contributed by atoms with Crippen molar-refractivity contribution >= 4 is 9.73 Å². The molecule has 1 aliphatic heterocycles. The predicted octanol–water partition coefficient (Wildman–Crippen LogP) is 1.00. The molecule has 1 saturated heterocycles. The van der Waals surface area contributed by atoms with Crippen molar-refractivity contribution in [2.45, 2.75) is 12.8 Å². The van der Waals surface area contributed by atoms with Gasteiger partial charge in [-0.2, -0.15) is 0 Å². The minimum atomic E-state index is -2.26. The highest BCUT2D eigenvalue weighted by atomic mass is 32.2. The number of piperidine rings is 1. The molecule has 1 aliphatic rings. The lowest BCUT2D eigenvalue weighted by molar-refractivity contribution is 0.232. The van der Waals surface area contributed by atoms with E-state index in [1.54, 1.807) is 6.26 Å². The zero-order chi connectivity index (χ0) is 9.19. The van der Waals surface area contributed by atoms with Crippen LogP contribution in [0.4, 0.5) is 0 Å². The van der Waals surface area contributed by atoms with Crippen LogP contribution in [0.2, 0.25) is 0 Å². The summed E-state index contributed by atoms with van der Waals surface area (Å²) in [5, 5.41) is 0. The van der Waals surface area contributed by atoms with Crippen molar-refractivity contribution in [2.75, 3.05) is 32.1 Å². The first kappa shape index (κ1) is 9.99. The van der Waals surface area contributed by atoms with E-state index in [4.69, 9.17) is 4.78 Å². The topological polar surface area (TPSA) is 44.2 Å². The maximum Gasteiger partial charge on any atom is 0.0415 e. The second-order valence-corrected chi connectivity index (χ2v) is 6.26. The van der Waals surface area contributed by atoms with Gasteiger partial charge in [0.2, 0.25) is 0 Å². The molecule has 1 unspecified atom stereocenters. The largest absolute Gasteiger partial charge is 0.306 e. The standard InChI is InChI=1S/C8H18N2OS/c1-10-5-3-8(4-6-10)7-12(2,9)11/h8-9H,3-7H2,1-2H3. The third-order valence-corrected chi connectivity index (χ3v) is 3.50. The molecule has 12 heavy (non-hydrogen) atoms. The van der Waals surface area contributed by atoms with Crippen LogP contribution in [0.15, 0.2) is 0 Å². The van der Waals surface area contributed by atoms with Crippen molar-refractivity contribution in [3.05, 3.63) is 0 Å². The van der Waals surface area contributed by atoms with E-state index in [1.165, 1.54) is 0 Å². The maximum atomic E-state index is 11.2. The third-order valence-electron chi connectivity index (χ3n) is 2.39. The molecular formula is C8H18N2OS. The Labute approximate surface area is 75.1 Å². The van der Waals surface area contributed by atoms with Crippen LogP contribution in [0.1, 0.15) is 12.8 Å². The molecule has 0 aromatic heterocycles. The number of likely N-dealkylation sites (tertiary alicyclic amines) is 1. The van der Waals surface area contributed by atoms with E-state index in [-0.39, 0.29) is 0 Å². The lowest BCUT2D eigenvalue weighted by Gasteiger charge is -2.28. The second kappa shape index (κ2) is 3.75. The van der Waals surface area contributed by atoms with Gasteiger partial charge in [-0.05, 0) is 38.9 Å². The Bertz CT molecular complexity index is 227. The van der Waals surface area contributed by atoms with Crippen LogP contribution in [0.3, 0.4) is 0 Å². The van der Waals surface area contributed by atoms with Crippen LogP contribution < -0.4 is 0 Å². The van der Waals surface area contributed by atoms with Crippen LogP contribution >= 0.6 is 0 Å². The predicted molar refractivity (Wildman–Crippen MR) is 51.9 cm³/mol. The van der Waals surface area contributed by atoms with E-state index in [9.17, 15) is 4.21 Å². The smallest absolute Gasteiger partial charge is 0.0415 e. The second-order valence-electron chi connectivity index (χ2n) is 3.92. The van der Waals surface area contributed by atoms with Crippen molar-refractivity contribution in [2.24, 2.45) is 5.92 Å². The molecule has 1 N–H and O–H groups in total.